The number of benzene rings is 1. The van der Waals surface area contributed by atoms with Gasteiger partial charge in [-0.25, -0.2) is 9.59 Å². The van der Waals surface area contributed by atoms with Gasteiger partial charge in [0.2, 0.25) is 0 Å². The molecular formula is C14H20N2O4. The van der Waals surface area contributed by atoms with Crippen molar-refractivity contribution in [3.63, 3.8) is 0 Å². The molecule has 110 valence electrons. The van der Waals surface area contributed by atoms with E-state index in [-0.39, 0.29) is 0 Å². The lowest BCUT2D eigenvalue weighted by molar-refractivity contribution is -0.140. The molecule has 6 heteroatoms. The molecule has 0 bridgehead atoms. The first-order valence-electron chi connectivity index (χ1n) is 6.47. The molecule has 2 atom stereocenters. The normalized spacial score (nSPS) is 13.3. The van der Waals surface area contributed by atoms with Crippen LogP contribution in [0.4, 0.5) is 4.79 Å². The Balaban J connectivity index is 2.30. The number of amides is 2. The number of aliphatic hydroxyl groups is 1. The van der Waals surface area contributed by atoms with E-state index in [0.29, 0.717) is 12.5 Å². The highest BCUT2D eigenvalue weighted by Gasteiger charge is 2.18. The van der Waals surface area contributed by atoms with Gasteiger partial charge in [0, 0.05) is 6.54 Å². The van der Waals surface area contributed by atoms with Crippen LogP contribution in [0.3, 0.4) is 0 Å². The number of hydrogen-bond donors (Lipinski definition) is 4. The Morgan fingerprint density at radius 3 is 2.45 bits per heavy atom. The summed E-state index contributed by atoms with van der Waals surface area (Å²) in [5, 5.41) is 22.2. The number of hydrogen-bond acceptors (Lipinski definition) is 3. The molecule has 6 nitrogen and oxygen atoms in total. The first-order chi connectivity index (χ1) is 9.54. The number of urea groups is 1. The van der Waals surface area contributed by atoms with E-state index in [0.717, 1.165) is 6.42 Å². The number of carboxylic acids is 1. The second-order valence-corrected chi connectivity index (χ2v) is 4.57. The summed E-state index contributed by atoms with van der Waals surface area (Å²) in [6.07, 6.45) is 0.744. The maximum absolute atomic E-state index is 11.4. The highest BCUT2D eigenvalue weighted by Crippen LogP contribution is 2.17. The van der Waals surface area contributed by atoms with Crippen LogP contribution in [0.2, 0.25) is 0 Å². The van der Waals surface area contributed by atoms with Gasteiger partial charge in [0.1, 0.15) is 0 Å². The molecule has 2 amide bonds. The highest BCUT2D eigenvalue weighted by atomic mass is 16.4. The van der Waals surface area contributed by atoms with Crippen LogP contribution < -0.4 is 10.6 Å². The van der Waals surface area contributed by atoms with Gasteiger partial charge in [-0.15, -0.1) is 0 Å². The van der Waals surface area contributed by atoms with Crippen LogP contribution in [0.1, 0.15) is 24.8 Å². The van der Waals surface area contributed by atoms with Crippen LogP contribution in [0.25, 0.3) is 0 Å². The van der Waals surface area contributed by atoms with Crippen molar-refractivity contribution in [3.8, 4) is 0 Å². The number of aliphatic carboxylic acids is 1. The molecule has 0 aliphatic rings. The maximum Gasteiger partial charge on any atom is 0.328 e. The Morgan fingerprint density at radius 1 is 1.25 bits per heavy atom. The van der Waals surface area contributed by atoms with Gasteiger partial charge in [-0.05, 0) is 17.9 Å². The van der Waals surface area contributed by atoms with Crippen molar-refractivity contribution in [2.45, 2.75) is 25.3 Å². The van der Waals surface area contributed by atoms with E-state index in [1.165, 1.54) is 5.56 Å². The zero-order chi connectivity index (χ0) is 15.0. The van der Waals surface area contributed by atoms with Crippen LogP contribution in [-0.4, -0.2) is 41.4 Å². The lowest BCUT2D eigenvalue weighted by Gasteiger charge is -2.15. The van der Waals surface area contributed by atoms with Crippen LogP contribution in [0, 0.1) is 0 Å². The van der Waals surface area contributed by atoms with Gasteiger partial charge in [-0.3, -0.25) is 0 Å². The van der Waals surface area contributed by atoms with E-state index in [4.69, 9.17) is 10.2 Å². The van der Waals surface area contributed by atoms with Crippen molar-refractivity contribution in [1.29, 1.82) is 0 Å². The summed E-state index contributed by atoms with van der Waals surface area (Å²) in [6, 6.07) is 8.06. The standard InChI is InChI=1S/C14H20N2O4/c1-10(11-5-3-2-4-6-11)7-8-15-14(20)16-12(9-17)13(18)19/h2-6,10,12,17H,7-9H2,1H3,(H,18,19)(H2,15,16,20)/t10?,12-/m0/s1. The minimum atomic E-state index is -1.28. The SMILES string of the molecule is CC(CCNC(=O)N[C@@H](CO)C(=O)O)c1ccccc1. The van der Waals surface area contributed by atoms with Gasteiger partial charge in [0.25, 0.3) is 0 Å². The van der Waals surface area contributed by atoms with E-state index in [9.17, 15) is 9.59 Å². The second kappa shape index (κ2) is 8.16. The predicted molar refractivity (Wildman–Crippen MR) is 74.5 cm³/mol. The third kappa shape index (κ3) is 5.27. The molecule has 1 aromatic carbocycles. The molecule has 0 radical (unpaired) electrons. The van der Waals surface area contributed by atoms with Gasteiger partial charge in [-0.2, -0.15) is 0 Å². The van der Waals surface area contributed by atoms with E-state index < -0.39 is 24.6 Å². The molecule has 1 rings (SSSR count). The second-order valence-electron chi connectivity index (χ2n) is 4.57. The minimum Gasteiger partial charge on any atom is -0.480 e. The minimum absolute atomic E-state index is 0.296. The zero-order valence-corrected chi connectivity index (χ0v) is 11.4. The van der Waals surface area contributed by atoms with E-state index in [1.54, 1.807) is 0 Å². The largest absolute Gasteiger partial charge is 0.480 e. The molecule has 1 aromatic rings. The fourth-order valence-corrected chi connectivity index (χ4v) is 1.75. The molecule has 0 aliphatic heterocycles. The number of aliphatic hydroxyl groups excluding tert-OH is 1. The first-order valence-corrected chi connectivity index (χ1v) is 6.47. The average Bonchev–Trinajstić information content (AvgIpc) is 2.45. The Bertz CT molecular complexity index is 436. The fraction of sp³-hybridized carbons (Fsp3) is 0.429. The van der Waals surface area contributed by atoms with Crippen molar-refractivity contribution < 1.29 is 19.8 Å². The maximum atomic E-state index is 11.4. The van der Waals surface area contributed by atoms with Crippen molar-refractivity contribution in [1.82, 2.24) is 10.6 Å². The quantitative estimate of drug-likeness (QED) is 0.597. The van der Waals surface area contributed by atoms with Crippen LogP contribution in [-0.2, 0) is 4.79 Å². The smallest absolute Gasteiger partial charge is 0.328 e. The van der Waals surface area contributed by atoms with Crippen molar-refractivity contribution in [2.24, 2.45) is 0 Å². The summed E-state index contributed by atoms with van der Waals surface area (Å²) in [5.41, 5.74) is 1.19. The van der Waals surface area contributed by atoms with Crippen molar-refractivity contribution in [3.05, 3.63) is 35.9 Å². The monoisotopic (exact) mass is 280 g/mol. The van der Waals surface area contributed by atoms with Gasteiger partial charge in [-0.1, -0.05) is 37.3 Å². The Morgan fingerprint density at radius 2 is 1.90 bits per heavy atom. The molecule has 0 aromatic heterocycles. The molecule has 0 saturated carbocycles. The summed E-state index contributed by atoms with van der Waals surface area (Å²) in [5.74, 6) is -0.968. The third-order valence-corrected chi connectivity index (χ3v) is 3.02. The van der Waals surface area contributed by atoms with E-state index in [2.05, 4.69) is 17.6 Å². The predicted octanol–water partition coefficient (Wildman–Crippen LogP) is 0.925. The number of nitrogens with one attached hydrogen (secondary N) is 2. The molecular weight excluding hydrogens is 260 g/mol. The fourth-order valence-electron chi connectivity index (χ4n) is 1.75. The topological polar surface area (TPSA) is 98.7 Å². The number of carbonyl (C=O) groups excluding carboxylic acids is 1. The summed E-state index contributed by atoms with van der Waals surface area (Å²) in [6.45, 7) is 1.85. The molecule has 0 saturated heterocycles. The molecule has 0 heterocycles. The first kappa shape index (κ1) is 16.0. The Kier molecular flexibility index (Phi) is 6.52. The lowest BCUT2D eigenvalue weighted by atomic mass is 9.98. The van der Waals surface area contributed by atoms with Crippen LogP contribution >= 0.6 is 0 Å². The highest BCUT2D eigenvalue weighted by molar-refractivity contribution is 5.82. The van der Waals surface area contributed by atoms with E-state index >= 15 is 0 Å². The molecule has 0 aliphatic carbocycles. The molecule has 0 fully saturated rings. The van der Waals surface area contributed by atoms with Gasteiger partial charge in [0.15, 0.2) is 6.04 Å². The van der Waals surface area contributed by atoms with Gasteiger partial charge >= 0.3 is 12.0 Å². The Labute approximate surface area is 117 Å². The van der Waals surface area contributed by atoms with Crippen molar-refractivity contribution in [2.75, 3.05) is 13.2 Å². The third-order valence-electron chi connectivity index (χ3n) is 3.02. The molecule has 4 N–H and O–H groups in total. The van der Waals surface area contributed by atoms with Gasteiger partial charge < -0.3 is 20.8 Å². The summed E-state index contributed by atoms with van der Waals surface area (Å²) < 4.78 is 0. The summed E-state index contributed by atoms with van der Waals surface area (Å²) in [7, 11) is 0. The summed E-state index contributed by atoms with van der Waals surface area (Å²) >= 11 is 0. The Hall–Kier alpha value is -2.08. The van der Waals surface area contributed by atoms with Crippen molar-refractivity contribution >= 4 is 12.0 Å². The van der Waals surface area contributed by atoms with Gasteiger partial charge in [0.05, 0.1) is 6.61 Å². The molecule has 0 spiro atoms. The number of rotatable bonds is 7. The lowest BCUT2D eigenvalue weighted by Crippen LogP contribution is -2.48. The van der Waals surface area contributed by atoms with E-state index in [1.807, 2.05) is 30.3 Å². The summed E-state index contributed by atoms with van der Waals surface area (Å²) in [4.78, 5) is 22.1. The number of carbonyl (C=O) groups is 2. The van der Waals surface area contributed by atoms with Crippen LogP contribution in [0.5, 0.6) is 0 Å². The van der Waals surface area contributed by atoms with Crippen LogP contribution in [0.15, 0.2) is 30.3 Å². The molecule has 20 heavy (non-hydrogen) atoms. The molecule has 1 unspecified atom stereocenters. The zero-order valence-electron chi connectivity index (χ0n) is 11.4. The number of carboxylic acid groups (broad SMARTS) is 1. The average molecular weight is 280 g/mol.